The summed E-state index contributed by atoms with van der Waals surface area (Å²) in [5.74, 6) is 0.707. The molecule has 28 heavy (non-hydrogen) atoms. The maximum Gasteiger partial charge on any atom is 0.255 e. The molecule has 2 aromatic rings. The average molecular weight is 384 g/mol. The van der Waals surface area contributed by atoms with Crippen LogP contribution < -0.4 is 5.56 Å². The summed E-state index contributed by atoms with van der Waals surface area (Å²) in [6.07, 6.45) is 5.68. The van der Waals surface area contributed by atoms with Crippen LogP contribution in [0, 0.1) is 12.8 Å². The van der Waals surface area contributed by atoms with Gasteiger partial charge >= 0.3 is 0 Å². The van der Waals surface area contributed by atoms with E-state index in [0.717, 1.165) is 24.8 Å². The molecule has 2 aromatic heterocycles. The zero-order valence-corrected chi connectivity index (χ0v) is 16.7. The summed E-state index contributed by atoms with van der Waals surface area (Å²) in [7, 11) is 0. The third-order valence-electron chi connectivity index (χ3n) is 5.48. The minimum atomic E-state index is -0.518. The van der Waals surface area contributed by atoms with Crippen LogP contribution in [0.2, 0.25) is 0 Å². The van der Waals surface area contributed by atoms with Crippen molar-refractivity contribution in [3.63, 3.8) is 0 Å². The number of hydrogen-bond acceptors (Lipinski definition) is 5. The van der Waals surface area contributed by atoms with Gasteiger partial charge in [0.05, 0.1) is 18.6 Å². The molecule has 1 amide bonds. The molecule has 0 radical (unpaired) electrons. The first-order chi connectivity index (χ1) is 13.4. The van der Waals surface area contributed by atoms with E-state index in [-0.39, 0.29) is 24.5 Å². The summed E-state index contributed by atoms with van der Waals surface area (Å²) in [5, 5.41) is 10.0. The molecule has 0 aromatic carbocycles. The van der Waals surface area contributed by atoms with Gasteiger partial charge in [0.1, 0.15) is 5.82 Å². The second kappa shape index (κ2) is 8.22. The quantitative estimate of drug-likeness (QED) is 0.794. The van der Waals surface area contributed by atoms with Crippen LogP contribution in [-0.2, 0) is 11.2 Å². The molecule has 7 heteroatoms. The fraction of sp³-hybridized carbons (Fsp3) is 0.524. The molecular formula is C21H28N4O3. The van der Waals surface area contributed by atoms with Crippen LogP contribution in [0.1, 0.15) is 44.4 Å². The predicted molar refractivity (Wildman–Crippen MR) is 107 cm³/mol. The zero-order chi connectivity index (χ0) is 20.3. The van der Waals surface area contributed by atoms with E-state index in [0.29, 0.717) is 29.5 Å². The number of aryl methyl sites for hydroxylation is 1. The molecule has 2 N–H and O–H groups in total. The molecule has 0 bridgehead atoms. The number of carbonyl (C=O) groups is 1. The molecular weight excluding hydrogens is 356 g/mol. The minimum absolute atomic E-state index is 0.00929. The van der Waals surface area contributed by atoms with Gasteiger partial charge in [-0.15, -0.1) is 0 Å². The third kappa shape index (κ3) is 3.99. The number of pyridine rings is 1. The van der Waals surface area contributed by atoms with E-state index in [1.54, 1.807) is 36.4 Å². The highest BCUT2D eigenvalue weighted by molar-refractivity contribution is 5.80. The van der Waals surface area contributed by atoms with Crippen LogP contribution >= 0.6 is 0 Å². The first-order valence-electron chi connectivity index (χ1n) is 9.78. The molecule has 1 aliphatic rings. The SMILES string of the molecule is Cc1nc(-c2ccncc2)[nH]c(=O)c1CC(=O)N1CCC[C@]1(CO)CC(C)C. The standard InChI is InChI=1S/C21H28N4O3/c1-14(2)12-21(13-26)7-4-10-25(21)18(27)11-17-15(3)23-19(24-20(17)28)16-5-8-22-9-6-16/h5-6,8-9,14,26H,4,7,10-13H2,1-3H3,(H,23,24,28)/t21-/m1/s1. The largest absolute Gasteiger partial charge is 0.394 e. The summed E-state index contributed by atoms with van der Waals surface area (Å²) in [4.78, 5) is 38.7. The molecule has 1 fully saturated rings. The Balaban J connectivity index is 1.85. The number of aliphatic hydroxyl groups is 1. The van der Waals surface area contributed by atoms with Gasteiger partial charge in [0.25, 0.3) is 5.56 Å². The van der Waals surface area contributed by atoms with Crippen molar-refractivity contribution in [2.45, 2.75) is 52.0 Å². The Bertz CT molecular complexity index is 894. The monoisotopic (exact) mass is 384 g/mol. The van der Waals surface area contributed by atoms with Gasteiger partial charge in [0.2, 0.25) is 5.91 Å². The van der Waals surface area contributed by atoms with E-state index < -0.39 is 5.54 Å². The molecule has 0 unspecified atom stereocenters. The van der Waals surface area contributed by atoms with Crippen molar-refractivity contribution in [3.8, 4) is 11.4 Å². The smallest absolute Gasteiger partial charge is 0.255 e. The van der Waals surface area contributed by atoms with E-state index >= 15 is 0 Å². The van der Waals surface area contributed by atoms with Crippen LogP contribution in [0.3, 0.4) is 0 Å². The number of aromatic amines is 1. The Morgan fingerprint density at radius 3 is 2.68 bits per heavy atom. The highest BCUT2D eigenvalue weighted by Crippen LogP contribution is 2.35. The van der Waals surface area contributed by atoms with Gasteiger partial charge in [-0.2, -0.15) is 0 Å². The molecule has 3 rings (SSSR count). The number of rotatable bonds is 6. The van der Waals surface area contributed by atoms with Crippen molar-refractivity contribution in [2.75, 3.05) is 13.2 Å². The Morgan fingerprint density at radius 2 is 2.07 bits per heavy atom. The van der Waals surface area contributed by atoms with Crippen molar-refractivity contribution >= 4 is 5.91 Å². The topological polar surface area (TPSA) is 99.2 Å². The molecule has 3 heterocycles. The van der Waals surface area contributed by atoms with Gasteiger partial charge in [0, 0.05) is 35.8 Å². The molecule has 1 aliphatic heterocycles. The normalized spacial score (nSPS) is 19.4. The molecule has 0 saturated carbocycles. The summed E-state index contributed by atoms with van der Waals surface area (Å²) in [6.45, 7) is 6.50. The summed E-state index contributed by atoms with van der Waals surface area (Å²) >= 11 is 0. The maximum absolute atomic E-state index is 13.1. The Morgan fingerprint density at radius 1 is 1.36 bits per heavy atom. The highest BCUT2D eigenvalue weighted by atomic mass is 16.3. The van der Waals surface area contributed by atoms with Crippen molar-refractivity contribution in [3.05, 3.63) is 46.1 Å². The van der Waals surface area contributed by atoms with Crippen molar-refractivity contribution in [2.24, 2.45) is 5.92 Å². The number of aliphatic hydroxyl groups excluding tert-OH is 1. The van der Waals surface area contributed by atoms with Gasteiger partial charge < -0.3 is 15.0 Å². The van der Waals surface area contributed by atoms with Crippen molar-refractivity contribution in [1.29, 1.82) is 0 Å². The Kier molecular flexibility index (Phi) is 5.93. The van der Waals surface area contributed by atoms with Crippen LogP contribution in [-0.4, -0.2) is 49.6 Å². The maximum atomic E-state index is 13.1. The number of H-pyrrole nitrogens is 1. The molecule has 7 nitrogen and oxygen atoms in total. The number of nitrogens with one attached hydrogen (secondary N) is 1. The number of aromatic nitrogens is 3. The summed E-state index contributed by atoms with van der Waals surface area (Å²) in [5.41, 5.74) is 0.873. The van der Waals surface area contributed by atoms with Gasteiger partial charge in [-0.3, -0.25) is 14.6 Å². The van der Waals surface area contributed by atoms with Crippen LogP contribution in [0.25, 0.3) is 11.4 Å². The van der Waals surface area contributed by atoms with Gasteiger partial charge in [0.15, 0.2) is 0 Å². The fourth-order valence-electron chi connectivity index (χ4n) is 4.24. The van der Waals surface area contributed by atoms with Crippen LogP contribution in [0.4, 0.5) is 0 Å². The second-order valence-corrected chi connectivity index (χ2v) is 8.02. The number of hydrogen-bond donors (Lipinski definition) is 2. The molecule has 0 spiro atoms. The third-order valence-corrected chi connectivity index (χ3v) is 5.48. The molecule has 1 atom stereocenters. The van der Waals surface area contributed by atoms with Crippen LogP contribution in [0.15, 0.2) is 29.3 Å². The first kappa shape index (κ1) is 20.2. The Hall–Kier alpha value is -2.54. The van der Waals surface area contributed by atoms with Gasteiger partial charge in [-0.1, -0.05) is 13.8 Å². The van der Waals surface area contributed by atoms with E-state index in [9.17, 15) is 14.7 Å². The second-order valence-electron chi connectivity index (χ2n) is 8.02. The minimum Gasteiger partial charge on any atom is -0.394 e. The molecule has 150 valence electrons. The lowest BCUT2D eigenvalue weighted by atomic mass is 9.86. The summed E-state index contributed by atoms with van der Waals surface area (Å²) in [6, 6.07) is 3.54. The first-order valence-corrected chi connectivity index (χ1v) is 9.78. The Labute approximate surface area is 164 Å². The highest BCUT2D eigenvalue weighted by Gasteiger charge is 2.43. The number of carbonyl (C=O) groups excluding carboxylic acids is 1. The van der Waals surface area contributed by atoms with E-state index in [2.05, 4.69) is 28.8 Å². The molecule has 1 saturated heterocycles. The van der Waals surface area contributed by atoms with Gasteiger partial charge in [-0.05, 0) is 44.2 Å². The average Bonchev–Trinajstić information content (AvgIpc) is 3.08. The number of nitrogens with zero attached hydrogens (tertiary/aromatic N) is 3. The van der Waals surface area contributed by atoms with Gasteiger partial charge in [-0.25, -0.2) is 4.98 Å². The lowest BCUT2D eigenvalue weighted by molar-refractivity contribution is -0.136. The lowest BCUT2D eigenvalue weighted by Gasteiger charge is -2.38. The number of amides is 1. The van der Waals surface area contributed by atoms with E-state index in [1.807, 2.05) is 0 Å². The van der Waals surface area contributed by atoms with E-state index in [4.69, 9.17) is 0 Å². The lowest BCUT2D eigenvalue weighted by Crippen LogP contribution is -2.51. The predicted octanol–water partition coefficient (Wildman–Crippen LogP) is 2.08. The number of likely N-dealkylation sites (tertiary alicyclic amines) is 1. The van der Waals surface area contributed by atoms with Crippen molar-refractivity contribution in [1.82, 2.24) is 19.9 Å². The van der Waals surface area contributed by atoms with E-state index in [1.165, 1.54) is 0 Å². The zero-order valence-electron chi connectivity index (χ0n) is 16.7. The summed E-state index contributed by atoms with van der Waals surface area (Å²) < 4.78 is 0. The van der Waals surface area contributed by atoms with Crippen LogP contribution in [0.5, 0.6) is 0 Å². The fourth-order valence-corrected chi connectivity index (χ4v) is 4.24. The molecule has 0 aliphatic carbocycles. The van der Waals surface area contributed by atoms with Crippen molar-refractivity contribution < 1.29 is 9.90 Å².